The van der Waals surface area contributed by atoms with Gasteiger partial charge in [0.1, 0.15) is 17.8 Å². The van der Waals surface area contributed by atoms with Crippen LogP contribution >= 0.6 is 11.6 Å². The average Bonchev–Trinajstić information content (AvgIpc) is 2.76. The van der Waals surface area contributed by atoms with Crippen LogP contribution in [0.4, 0.5) is 4.39 Å². The molecule has 0 spiro atoms. The average molecular weight is 272 g/mol. The fourth-order valence-corrected chi connectivity index (χ4v) is 1.43. The summed E-state index contributed by atoms with van der Waals surface area (Å²) in [5, 5.41) is 8.74. The van der Waals surface area contributed by atoms with Gasteiger partial charge < -0.3 is 14.3 Å². The second-order valence-corrected chi connectivity index (χ2v) is 3.70. The molecule has 0 fully saturated rings. The smallest absolute Gasteiger partial charge is 0.357 e. The third-order valence-corrected chi connectivity index (χ3v) is 2.31. The molecule has 1 aromatic carbocycles. The molecule has 0 unspecified atom stereocenters. The molecule has 0 bridgehead atoms. The lowest BCUT2D eigenvalue weighted by atomic mass is 10.3. The summed E-state index contributed by atoms with van der Waals surface area (Å²) in [5.74, 6) is -1.32. The first-order valence-corrected chi connectivity index (χ1v) is 5.19. The molecule has 1 aromatic heterocycles. The number of oxazole rings is 1. The first-order chi connectivity index (χ1) is 8.56. The van der Waals surface area contributed by atoms with Crippen molar-refractivity contribution in [2.24, 2.45) is 0 Å². The SMILES string of the molecule is O=C(O)c1coc(COc2ccc(F)cc2Cl)n1. The van der Waals surface area contributed by atoms with Crippen LogP contribution in [0.15, 0.2) is 28.9 Å². The number of ether oxygens (including phenoxy) is 1. The van der Waals surface area contributed by atoms with Crippen LogP contribution in [0.2, 0.25) is 5.02 Å². The number of halogens is 2. The molecule has 5 nitrogen and oxygen atoms in total. The Bertz CT molecular complexity index is 584. The van der Waals surface area contributed by atoms with Crippen LogP contribution in [0.1, 0.15) is 16.4 Å². The molecule has 1 N–H and O–H groups in total. The van der Waals surface area contributed by atoms with Crippen LogP contribution < -0.4 is 4.74 Å². The first kappa shape index (κ1) is 12.4. The molecule has 7 heteroatoms. The Balaban J connectivity index is 2.04. The van der Waals surface area contributed by atoms with E-state index in [-0.39, 0.29) is 29.0 Å². The van der Waals surface area contributed by atoms with Crippen molar-refractivity contribution in [3.63, 3.8) is 0 Å². The summed E-state index contributed by atoms with van der Waals surface area (Å²) in [6.07, 6.45) is 1.01. The number of carbonyl (C=O) groups is 1. The Kier molecular flexibility index (Phi) is 3.47. The highest BCUT2D eigenvalue weighted by Gasteiger charge is 2.11. The Morgan fingerprint density at radius 3 is 2.94 bits per heavy atom. The van der Waals surface area contributed by atoms with E-state index in [9.17, 15) is 9.18 Å². The number of aromatic carboxylic acids is 1. The van der Waals surface area contributed by atoms with Crippen molar-refractivity contribution in [3.8, 4) is 5.75 Å². The molecule has 0 aliphatic heterocycles. The quantitative estimate of drug-likeness (QED) is 0.925. The number of nitrogens with zero attached hydrogens (tertiary/aromatic N) is 1. The van der Waals surface area contributed by atoms with Crippen LogP contribution in [0, 0.1) is 5.82 Å². The highest BCUT2D eigenvalue weighted by atomic mass is 35.5. The second kappa shape index (κ2) is 5.05. The van der Waals surface area contributed by atoms with Crippen LogP contribution in [0.25, 0.3) is 0 Å². The fourth-order valence-electron chi connectivity index (χ4n) is 1.21. The van der Waals surface area contributed by atoms with Crippen molar-refractivity contribution in [1.29, 1.82) is 0 Å². The van der Waals surface area contributed by atoms with E-state index >= 15 is 0 Å². The van der Waals surface area contributed by atoms with E-state index in [0.29, 0.717) is 0 Å². The van der Waals surface area contributed by atoms with E-state index in [1.165, 1.54) is 12.1 Å². The van der Waals surface area contributed by atoms with Crippen molar-refractivity contribution in [1.82, 2.24) is 4.98 Å². The summed E-state index contributed by atoms with van der Waals surface area (Å²) < 4.78 is 22.9. The van der Waals surface area contributed by atoms with Gasteiger partial charge in [-0.2, -0.15) is 0 Å². The van der Waals surface area contributed by atoms with E-state index < -0.39 is 11.8 Å². The molecule has 0 atom stereocenters. The molecule has 0 amide bonds. The number of hydrogen-bond donors (Lipinski definition) is 1. The van der Waals surface area contributed by atoms with Gasteiger partial charge in [0, 0.05) is 0 Å². The third-order valence-electron chi connectivity index (χ3n) is 2.02. The number of carboxylic acid groups (broad SMARTS) is 1. The molecule has 2 aromatic rings. The van der Waals surface area contributed by atoms with Crippen molar-refractivity contribution < 1.29 is 23.4 Å². The zero-order chi connectivity index (χ0) is 13.1. The summed E-state index contributed by atoms with van der Waals surface area (Å²) in [6, 6.07) is 3.66. The zero-order valence-electron chi connectivity index (χ0n) is 8.89. The number of carboxylic acids is 1. The van der Waals surface area contributed by atoms with Crippen molar-refractivity contribution in [3.05, 3.63) is 46.9 Å². The molecule has 0 aliphatic rings. The first-order valence-electron chi connectivity index (χ1n) is 4.82. The molecule has 0 radical (unpaired) electrons. The summed E-state index contributed by atoms with van der Waals surface area (Å²) in [4.78, 5) is 14.2. The molecular weight excluding hydrogens is 265 g/mol. The maximum atomic E-state index is 12.8. The molecule has 0 saturated carbocycles. The number of benzene rings is 1. The van der Waals surface area contributed by atoms with E-state index in [1.54, 1.807) is 0 Å². The normalized spacial score (nSPS) is 10.3. The number of hydrogen-bond acceptors (Lipinski definition) is 4. The number of rotatable bonds is 4. The Morgan fingerprint density at radius 1 is 1.56 bits per heavy atom. The van der Waals surface area contributed by atoms with Crippen LogP contribution in [0.5, 0.6) is 5.75 Å². The van der Waals surface area contributed by atoms with E-state index in [4.69, 9.17) is 25.9 Å². The van der Waals surface area contributed by atoms with Gasteiger partial charge in [-0.1, -0.05) is 11.6 Å². The van der Waals surface area contributed by atoms with Gasteiger partial charge in [0.25, 0.3) is 0 Å². The van der Waals surface area contributed by atoms with E-state index in [1.807, 2.05) is 0 Å². The largest absolute Gasteiger partial charge is 0.482 e. The van der Waals surface area contributed by atoms with Crippen molar-refractivity contribution in [2.45, 2.75) is 6.61 Å². The molecular formula is C11H7ClFNO4. The standard InChI is InChI=1S/C11H7ClFNO4/c12-7-3-6(13)1-2-9(7)17-5-10-14-8(4-18-10)11(15)16/h1-4H,5H2,(H,15,16). The topological polar surface area (TPSA) is 72.6 Å². The predicted octanol–water partition coefficient (Wildman–Crippen LogP) is 2.74. The van der Waals surface area contributed by atoms with Crippen LogP contribution in [0.3, 0.4) is 0 Å². The van der Waals surface area contributed by atoms with Gasteiger partial charge >= 0.3 is 5.97 Å². The minimum Gasteiger partial charge on any atom is -0.482 e. The van der Waals surface area contributed by atoms with Gasteiger partial charge in [-0.05, 0) is 18.2 Å². The third kappa shape index (κ3) is 2.78. The van der Waals surface area contributed by atoms with Crippen molar-refractivity contribution >= 4 is 17.6 Å². The minimum absolute atomic E-state index is 0.0905. The Hall–Kier alpha value is -2.08. The molecule has 18 heavy (non-hydrogen) atoms. The zero-order valence-corrected chi connectivity index (χ0v) is 9.65. The van der Waals surface area contributed by atoms with E-state index in [0.717, 1.165) is 12.3 Å². The van der Waals surface area contributed by atoms with Gasteiger partial charge in [-0.15, -0.1) is 0 Å². The van der Waals surface area contributed by atoms with Gasteiger partial charge in [-0.25, -0.2) is 14.2 Å². The fraction of sp³-hybridized carbons (Fsp3) is 0.0909. The monoisotopic (exact) mass is 271 g/mol. The lowest BCUT2D eigenvalue weighted by Gasteiger charge is -2.05. The summed E-state index contributed by atoms with van der Waals surface area (Å²) in [5.41, 5.74) is -0.209. The summed E-state index contributed by atoms with van der Waals surface area (Å²) in [6.45, 7) is -0.0986. The van der Waals surface area contributed by atoms with Gasteiger partial charge in [0.2, 0.25) is 5.89 Å². The maximum absolute atomic E-state index is 12.8. The summed E-state index contributed by atoms with van der Waals surface area (Å²) >= 11 is 5.74. The Morgan fingerprint density at radius 2 is 2.33 bits per heavy atom. The molecule has 2 rings (SSSR count). The lowest BCUT2D eigenvalue weighted by Crippen LogP contribution is -1.99. The van der Waals surface area contributed by atoms with Gasteiger partial charge in [0.15, 0.2) is 12.3 Å². The van der Waals surface area contributed by atoms with Gasteiger partial charge in [0.05, 0.1) is 5.02 Å². The Labute approximate surface area is 106 Å². The number of aromatic nitrogens is 1. The second-order valence-electron chi connectivity index (χ2n) is 3.30. The lowest BCUT2D eigenvalue weighted by molar-refractivity contribution is 0.0690. The maximum Gasteiger partial charge on any atom is 0.357 e. The highest BCUT2D eigenvalue weighted by molar-refractivity contribution is 6.32. The predicted molar refractivity (Wildman–Crippen MR) is 59.2 cm³/mol. The molecule has 0 saturated heterocycles. The highest BCUT2D eigenvalue weighted by Crippen LogP contribution is 2.25. The summed E-state index contributed by atoms with van der Waals surface area (Å²) in [7, 11) is 0. The van der Waals surface area contributed by atoms with Gasteiger partial charge in [-0.3, -0.25) is 0 Å². The molecule has 94 valence electrons. The van der Waals surface area contributed by atoms with E-state index in [2.05, 4.69) is 4.98 Å². The molecule has 0 aliphatic carbocycles. The van der Waals surface area contributed by atoms with Crippen LogP contribution in [-0.4, -0.2) is 16.1 Å². The molecule has 1 heterocycles. The van der Waals surface area contributed by atoms with Crippen LogP contribution in [-0.2, 0) is 6.61 Å². The van der Waals surface area contributed by atoms with Crippen molar-refractivity contribution in [2.75, 3.05) is 0 Å². The minimum atomic E-state index is -1.19.